The minimum Gasteiger partial charge on any atom is -0.466 e. The number of rotatable bonds is 4. The molecule has 1 aromatic rings. The predicted molar refractivity (Wildman–Crippen MR) is 73.9 cm³/mol. The summed E-state index contributed by atoms with van der Waals surface area (Å²) in [6.45, 7) is 0. The lowest BCUT2D eigenvalue weighted by molar-refractivity contribution is -0.0592. The quantitative estimate of drug-likeness (QED) is 0.508. The van der Waals surface area contributed by atoms with Crippen molar-refractivity contribution in [3.63, 3.8) is 0 Å². The van der Waals surface area contributed by atoms with E-state index in [1.807, 2.05) is 6.07 Å². The van der Waals surface area contributed by atoms with E-state index in [0.717, 1.165) is 23.1 Å². The smallest absolute Gasteiger partial charge is 0.139 e. The highest BCUT2D eigenvalue weighted by Gasteiger charge is 2.42. The van der Waals surface area contributed by atoms with Crippen LogP contribution in [0.1, 0.15) is 50.3 Å². The van der Waals surface area contributed by atoms with E-state index in [0.29, 0.717) is 0 Å². The molecule has 18 heavy (non-hydrogen) atoms. The van der Waals surface area contributed by atoms with Crippen molar-refractivity contribution >= 4 is 15.9 Å². The van der Waals surface area contributed by atoms with Crippen molar-refractivity contribution in [2.75, 3.05) is 7.11 Å². The molecule has 0 spiro atoms. The summed E-state index contributed by atoms with van der Waals surface area (Å²) in [6.07, 6.45) is 8.55. The molecular formula is C13H21BrN2O2. The number of hydrazine groups is 1. The van der Waals surface area contributed by atoms with Gasteiger partial charge < -0.3 is 9.15 Å². The van der Waals surface area contributed by atoms with Crippen molar-refractivity contribution in [2.24, 2.45) is 5.84 Å². The Hall–Kier alpha value is -0.360. The van der Waals surface area contributed by atoms with Crippen LogP contribution in [0.4, 0.5) is 0 Å². The molecule has 5 heteroatoms. The van der Waals surface area contributed by atoms with Crippen LogP contribution in [0.2, 0.25) is 0 Å². The molecule has 1 aliphatic carbocycles. The van der Waals surface area contributed by atoms with Gasteiger partial charge in [-0.05, 0) is 34.8 Å². The Bertz CT molecular complexity index is 373. The lowest BCUT2D eigenvalue weighted by Gasteiger charge is -2.38. The van der Waals surface area contributed by atoms with Crippen LogP contribution in [0, 0.1) is 0 Å². The summed E-state index contributed by atoms with van der Waals surface area (Å²) < 4.78 is 12.4. The number of halogens is 1. The third-order valence-corrected chi connectivity index (χ3v) is 4.61. The van der Waals surface area contributed by atoms with E-state index in [1.165, 1.54) is 25.7 Å². The summed E-state index contributed by atoms with van der Waals surface area (Å²) in [7, 11) is 1.77. The molecule has 4 nitrogen and oxygen atoms in total. The van der Waals surface area contributed by atoms with Crippen LogP contribution in [0.5, 0.6) is 0 Å². The van der Waals surface area contributed by atoms with Gasteiger partial charge in [0.25, 0.3) is 0 Å². The normalized spacial score (nSPS) is 21.5. The van der Waals surface area contributed by atoms with Crippen molar-refractivity contribution < 1.29 is 9.15 Å². The van der Waals surface area contributed by atoms with Gasteiger partial charge in [0, 0.05) is 7.11 Å². The number of ether oxygens (including phenoxy) is 1. The van der Waals surface area contributed by atoms with Crippen LogP contribution in [0.15, 0.2) is 21.2 Å². The van der Waals surface area contributed by atoms with Crippen LogP contribution in [-0.4, -0.2) is 12.7 Å². The van der Waals surface area contributed by atoms with Gasteiger partial charge in [0.1, 0.15) is 11.8 Å². The standard InChI is InChI=1S/C13H21BrN2O2/c1-17-13(7-4-2-3-5-8-13)12(16-15)11-10(14)6-9-18-11/h6,9,12,16H,2-5,7-8,15H2,1H3. The molecule has 1 heterocycles. The summed E-state index contributed by atoms with van der Waals surface area (Å²) in [5.74, 6) is 6.59. The fourth-order valence-electron chi connectivity index (χ4n) is 2.92. The largest absolute Gasteiger partial charge is 0.466 e. The van der Waals surface area contributed by atoms with Gasteiger partial charge in [0.15, 0.2) is 0 Å². The average Bonchev–Trinajstić information content (AvgIpc) is 2.67. The van der Waals surface area contributed by atoms with E-state index in [1.54, 1.807) is 13.4 Å². The maximum absolute atomic E-state index is 5.87. The Labute approximate surface area is 116 Å². The maximum Gasteiger partial charge on any atom is 0.139 e. The van der Waals surface area contributed by atoms with Gasteiger partial charge in [-0.2, -0.15) is 0 Å². The second-order valence-electron chi connectivity index (χ2n) is 4.92. The van der Waals surface area contributed by atoms with Gasteiger partial charge in [-0.3, -0.25) is 5.84 Å². The highest BCUT2D eigenvalue weighted by molar-refractivity contribution is 9.10. The maximum atomic E-state index is 5.87. The van der Waals surface area contributed by atoms with Crippen molar-refractivity contribution in [3.8, 4) is 0 Å². The molecule has 0 bridgehead atoms. The summed E-state index contributed by atoms with van der Waals surface area (Å²) >= 11 is 3.50. The molecule has 0 saturated heterocycles. The average molecular weight is 317 g/mol. The molecule has 1 aliphatic rings. The van der Waals surface area contributed by atoms with E-state index in [-0.39, 0.29) is 11.6 Å². The minimum absolute atomic E-state index is 0.120. The molecule has 1 atom stereocenters. The number of nitrogens with two attached hydrogens (primary N) is 1. The van der Waals surface area contributed by atoms with Gasteiger partial charge in [0.05, 0.1) is 16.3 Å². The van der Waals surface area contributed by atoms with Gasteiger partial charge in [-0.25, -0.2) is 5.43 Å². The molecule has 0 aliphatic heterocycles. The Kier molecular flexibility index (Phi) is 4.84. The number of furan rings is 1. The third-order valence-electron chi connectivity index (χ3n) is 3.96. The van der Waals surface area contributed by atoms with E-state index < -0.39 is 0 Å². The first-order valence-corrected chi connectivity index (χ1v) is 7.27. The number of methoxy groups -OCH3 is 1. The molecule has 1 aromatic heterocycles. The van der Waals surface area contributed by atoms with Crippen molar-refractivity contribution in [1.82, 2.24) is 5.43 Å². The topological polar surface area (TPSA) is 60.4 Å². The van der Waals surface area contributed by atoms with Gasteiger partial charge in [0.2, 0.25) is 0 Å². The highest BCUT2D eigenvalue weighted by atomic mass is 79.9. The molecule has 1 saturated carbocycles. The van der Waals surface area contributed by atoms with Crippen molar-refractivity contribution in [2.45, 2.75) is 50.2 Å². The molecule has 3 N–H and O–H groups in total. The number of hydrogen-bond acceptors (Lipinski definition) is 4. The van der Waals surface area contributed by atoms with E-state index in [4.69, 9.17) is 15.0 Å². The van der Waals surface area contributed by atoms with Gasteiger partial charge >= 0.3 is 0 Å². The minimum atomic E-state index is -0.272. The Balaban J connectivity index is 2.30. The van der Waals surface area contributed by atoms with Crippen LogP contribution in [-0.2, 0) is 4.74 Å². The first-order valence-electron chi connectivity index (χ1n) is 6.47. The first-order chi connectivity index (χ1) is 8.73. The zero-order chi connectivity index (χ0) is 13.0. The Morgan fingerprint density at radius 2 is 2.06 bits per heavy atom. The SMILES string of the molecule is COC1(C(NN)c2occc2Br)CCCCCC1. The van der Waals surface area contributed by atoms with E-state index >= 15 is 0 Å². The summed E-state index contributed by atoms with van der Waals surface area (Å²) in [4.78, 5) is 0. The molecule has 2 rings (SSSR count). The molecule has 0 aromatic carbocycles. The van der Waals surface area contributed by atoms with Crippen molar-refractivity contribution in [3.05, 3.63) is 22.6 Å². The number of hydrogen-bond donors (Lipinski definition) is 2. The zero-order valence-electron chi connectivity index (χ0n) is 10.7. The number of nitrogens with one attached hydrogen (secondary N) is 1. The van der Waals surface area contributed by atoms with E-state index in [9.17, 15) is 0 Å². The molecule has 0 amide bonds. The van der Waals surface area contributed by atoms with Crippen LogP contribution < -0.4 is 11.3 Å². The molecular weight excluding hydrogens is 296 g/mol. The Morgan fingerprint density at radius 3 is 2.50 bits per heavy atom. The van der Waals surface area contributed by atoms with Gasteiger partial charge in [-0.15, -0.1) is 0 Å². The van der Waals surface area contributed by atoms with Crippen LogP contribution >= 0.6 is 15.9 Å². The molecule has 102 valence electrons. The van der Waals surface area contributed by atoms with Crippen molar-refractivity contribution in [1.29, 1.82) is 0 Å². The summed E-state index contributed by atoms with van der Waals surface area (Å²) in [5, 5.41) is 0. The van der Waals surface area contributed by atoms with Crippen LogP contribution in [0.25, 0.3) is 0 Å². The van der Waals surface area contributed by atoms with E-state index in [2.05, 4.69) is 21.4 Å². The second-order valence-corrected chi connectivity index (χ2v) is 5.77. The zero-order valence-corrected chi connectivity index (χ0v) is 12.3. The fourth-order valence-corrected chi connectivity index (χ4v) is 3.35. The fraction of sp³-hybridized carbons (Fsp3) is 0.692. The lowest BCUT2D eigenvalue weighted by atomic mass is 9.85. The summed E-state index contributed by atoms with van der Waals surface area (Å²) in [6, 6.07) is 1.77. The Morgan fingerprint density at radius 1 is 1.39 bits per heavy atom. The lowest BCUT2D eigenvalue weighted by Crippen LogP contribution is -2.47. The molecule has 0 radical (unpaired) electrons. The highest BCUT2D eigenvalue weighted by Crippen LogP contribution is 2.41. The van der Waals surface area contributed by atoms with Gasteiger partial charge in [-0.1, -0.05) is 25.7 Å². The first kappa shape index (κ1) is 14.1. The third kappa shape index (κ3) is 2.64. The van der Waals surface area contributed by atoms with Crippen LogP contribution in [0.3, 0.4) is 0 Å². The molecule has 1 fully saturated rings. The predicted octanol–water partition coefficient (Wildman–Crippen LogP) is 3.29. The second kappa shape index (κ2) is 6.19. The molecule has 1 unspecified atom stereocenters. The monoisotopic (exact) mass is 316 g/mol. The summed E-state index contributed by atoms with van der Waals surface area (Å²) in [5.41, 5.74) is 2.61.